The Morgan fingerprint density at radius 2 is 1.54 bits per heavy atom. The minimum absolute atomic E-state index is 0.152. The Morgan fingerprint density at radius 1 is 0.907 bits per heavy atom. The van der Waals surface area contributed by atoms with Gasteiger partial charge in [0.25, 0.3) is 0 Å². The van der Waals surface area contributed by atoms with Gasteiger partial charge in [0.05, 0.1) is 30.0 Å². The summed E-state index contributed by atoms with van der Waals surface area (Å²) >= 11 is 1.33. The van der Waals surface area contributed by atoms with E-state index in [2.05, 4.69) is 16.0 Å². The van der Waals surface area contributed by atoms with Crippen molar-refractivity contribution in [2.24, 2.45) is 29.2 Å². The Kier molecular flexibility index (Phi) is 18.8. The van der Waals surface area contributed by atoms with Gasteiger partial charge < -0.3 is 37.4 Å². The quantitative estimate of drug-likeness (QED) is 0.0922. The number of aryl methyl sites for hydroxylation is 1. The van der Waals surface area contributed by atoms with Gasteiger partial charge >= 0.3 is 0 Å². The lowest BCUT2D eigenvalue weighted by molar-refractivity contribution is -0.143. The van der Waals surface area contributed by atoms with E-state index in [4.69, 9.17) is 11.5 Å². The van der Waals surface area contributed by atoms with Crippen molar-refractivity contribution in [1.82, 2.24) is 20.9 Å². The zero-order valence-corrected chi connectivity index (χ0v) is 33.0. The maximum atomic E-state index is 14.1. The van der Waals surface area contributed by atoms with Crippen LogP contribution in [0.3, 0.4) is 0 Å². The Balaban J connectivity index is 2.28. The van der Waals surface area contributed by atoms with Gasteiger partial charge in [-0.25, -0.2) is 0 Å². The number of rotatable bonds is 23. The van der Waals surface area contributed by atoms with E-state index in [0.29, 0.717) is 12.8 Å². The minimum Gasteiger partial charge on any atom is -0.393 e. The van der Waals surface area contributed by atoms with Crippen molar-refractivity contribution in [2.45, 2.75) is 123 Å². The Labute approximate surface area is 321 Å². The summed E-state index contributed by atoms with van der Waals surface area (Å²) < 4.78 is 0. The predicted octanol–water partition coefficient (Wildman–Crippen LogP) is 1.04. The van der Waals surface area contributed by atoms with Gasteiger partial charge in [-0.2, -0.15) is 0 Å². The number of carbonyl (C=O) groups is 8. The molecule has 6 amide bonds. The molecule has 0 radical (unpaired) electrons. The monoisotopic (exact) mass is 774 g/mol. The number of hydrogen-bond acceptors (Lipinski definition) is 10. The first-order chi connectivity index (χ1) is 25.4. The number of primary amides is 2. The average Bonchev–Trinajstić information content (AvgIpc) is 3.59. The lowest BCUT2D eigenvalue weighted by Crippen LogP contribution is -2.54. The SMILES string of the molecule is CCCCC(CC(=O)C(Cc1ccc(C)cc1)NC(C)=O)C(=O)N1CSC[C@H]1C(=O)N[C@@H](CCC(N)=O)C(=O)CC(C(=O)NC(C(N)=O)C(C)C)C(C)O. The fourth-order valence-electron chi connectivity index (χ4n) is 6.25. The second kappa shape index (κ2) is 22.2. The summed E-state index contributed by atoms with van der Waals surface area (Å²) in [6.07, 6.45) is -0.472. The molecule has 1 aromatic rings. The zero-order chi connectivity index (χ0) is 40.7. The van der Waals surface area contributed by atoms with Crippen molar-refractivity contribution >= 4 is 58.8 Å². The van der Waals surface area contributed by atoms with Crippen LogP contribution in [0.4, 0.5) is 0 Å². The summed E-state index contributed by atoms with van der Waals surface area (Å²) in [6.45, 7) is 9.87. The van der Waals surface area contributed by atoms with Crippen molar-refractivity contribution in [2.75, 3.05) is 11.6 Å². The summed E-state index contributed by atoms with van der Waals surface area (Å²) in [7, 11) is 0. The van der Waals surface area contributed by atoms with Gasteiger partial charge in [-0.1, -0.05) is 63.4 Å². The molecular weight excluding hydrogens is 717 g/mol. The van der Waals surface area contributed by atoms with Gasteiger partial charge in [-0.15, -0.1) is 11.8 Å². The molecule has 54 heavy (non-hydrogen) atoms. The molecule has 1 aliphatic heterocycles. The summed E-state index contributed by atoms with van der Waals surface area (Å²) in [5, 5.41) is 18.3. The molecular formula is C38H58N6O9S. The van der Waals surface area contributed by atoms with Crippen LogP contribution in [-0.4, -0.2) is 98.9 Å². The molecule has 1 heterocycles. The fourth-order valence-corrected chi connectivity index (χ4v) is 7.41. The molecule has 16 heteroatoms. The van der Waals surface area contributed by atoms with E-state index in [-0.39, 0.29) is 54.9 Å². The van der Waals surface area contributed by atoms with Crippen LogP contribution in [0.1, 0.15) is 90.7 Å². The number of aliphatic hydroxyl groups is 1. The molecule has 300 valence electrons. The number of hydrogen-bond donors (Lipinski definition) is 6. The van der Waals surface area contributed by atoms with Gasteiger partial charge in [-0.05, 0) is 44.6 Å². The lowest BCUT2D eigenvalue weighted by atomic mass is 9.90. The Morgan fingerprint density at radius 3 is 2.07 bits per heavy atom. The molecule has 1 saturated heterocycles. The molecule has 0 aromatic heterocycles. The molecule has 1 aliphatic rings. The number of aliphatic hydroxyl groups excluding tert-OH is 1. The smallest absolute Gasteiger partial charge is 0.244 e. The molecule has 1 fully saturated rings. The van der Waals surface area contributed by atoms with Gasteiger partial charge in [0, 0.05) is 37.9 Å². The van der Waals surface area contributed by atoms with Crippen LogP contribution < -0.4 is 27.4 Å². The third-order valence-corrected chi connectivity index (χ3v) is 10.5. The number of thioether (sulfide) groups is 1. The largest absolute Gasteiger partial charge is 0.393 e. The first-order valence-corrected chi connectivity index (χ1v) is 19.6. The highest BCUT2D eigenvalue weighted by atomic mass is 32.2. The topological polar surface area (TPSA) is 248 Å². The van der Waals surface area contributed by atoms with Crippen LogP contribution in [0.15, 0.2) is 24.3 Å². The Hall–Kier alpha value is -4.31. The molecule has 0 aliphatic carbocycles. The van der Waals surface area contributed by atoms with Gasteiger partial charge in [-0.3, -0.25) is 38.4 Å². The summed E-state index contributed by atoms with van der Waals surface area (Å²) in [5.41, 5.74) is 12.7. The highest BCUT2D eigenvalue weighted by Crippen LogP contribution is 2.27. The Bertz CT molecular complexity index is 1500. The normalized spacial score (nSPS) is 17.4. The average molecular weight is 775 g/mol. The highest BCUT2D eigenvalue weighted by Gasteiger charge is 2.40. The number of nitrogens with one attached hydrogen (secondary N) is 3. The third kappa shape index (κ3) is 14.5. The number of nitrogens with two attached hydrogens (primary N) is 2. The summed E-state index contributed by atoms with van der Waals surface area (Å²) in [4.78, 5) is 105. The minimum atomic E-state index is -1.33. The van der Waals surface area contributed by atoms with E-state index in [1.165, 1.54) is 30.5 Å². The maximum Gasteiger partial charge on any atom is 0.244 e. The maximum absolute atomic E-state index is 14.1. The number of amides is 6. The van der Waals surface area contributed by atoms with Crippen molar-refractivity contribution in [1.29, 1.82) is 0 Å². The zero-order valence-electron chi connectivity index (χ0n) is 32.2. The molecule has 7 atom stereocenters. The molecule has 8 N–H and O–H groups in total. The standard InChI is InChI=1S/C38H58N6O9S/c1-7-8-9-26(17-31(47)29(41-24(6)46)16-25-12-10-22(4)11-13-25)38(53)44-20-54-19-30(44)37(52)42-28(14-15-33(39)49)32(48)18-27(23(5)45)36(51)43-34(21(2)3)35(40)50/h10-13,21,23,26-30,34,45H,7-9,14-20H2,1-6H3,(H2,39,49)(H2,40,50)(H,41,46)(H,42,52)(H,43,51)/t23?,26?,27?,28-,29?,30-,34?/m0/s1. The molecule has 2 rings (SSSR count). The number of benzene rings is 1. The number of carbonyl (C=O) groups excluding carboxylic acids is 8. The van der Waals surface area contributed by atoms with Gasteiger partial charge in [0.1, 0.15) is 12.1 Å². The van der Waals surface area contributed by atoms with E-state index in [1.54, 1.807) is 13.8 Å². The van der Waals surface area contributed by atoms with Crippen LogP contribution in [0.5, 0.6) is 0 Å². The summed E-state index contributed by atoms with van der Waals surface area (Å²) in [6, 6.07) is 3.38. The van der Waals surface area contributed by atoms with Crippen molar-refractivity contribution in [3.05, 3.63) is 35.4 Å². The molecule has 1 aromatic carbocycles. The van der Waals surface area contributed by atoms with E-state index in [1.807, 2.05) is 38.1 Å². The highest BCUT2D eigenvalue weighted by molar-refractivity contribution is 7.99. The van der Waals surface area contributed by atoms with Crippen LogP contribution in [0, 0.1) is 24.7 Å². The number of unbranched alkanes of at least 4 members (excludes halogenated alkanes) is 1. The molecule has 15 nitrogen and oxygen atoms in total. The third-order valence-electron chi connectivity index (χ3n) is 9.49. The summed E-state index contributed by atoms with van der Waals surface area (Å²) in [5.74, 6) is -6.82. The second-order valence-corrected chi connectivity index (χ2v) is 15.5. The van der Waals surface area contributed by atoms with Gasteiger partial charge in [0.15, 0.2) is 11.6 Å². The van der Waals surface area contributed by atoms with Crippen LogP contribution in [-0.2, 0) is 44.8 Å². The fraction of sp³-hybridized carbons (Fsp3) is 0.632. The molecule has 0 saturated carbocycles. The van der Waals surface area contributed by atoms with Crippen molar-refractivity contribution in [3.8, 4) is 0 Å². The molecule has 0 bridgehead atoms. The first-order valence-electron chi connectivity index (χ1n) is 18.5. The van der Waals surface area contributed by atoms with Gasteiger partial charge in [0.2, 0.25) is 35.4 Å². The van der Waals surface area contributed by atoms with Crippen molar-refractivity contribution in [3.63, 3.8) is 0 Å². The molecule has 5 unspecified atom stereocenters. The molecule has 0 spiro atoms. The number of Topliss-reactive ketones (excluding diaryl/α,β-unsaturated/α-hetero) is 2. The van der Waals surface area contributed by atoms with E-state index in [0.717, 1.165) is 17.5 Å². The van der Waals surface area contributed by atoms with Crippen LogP contribution >= 0.6 is 11.8 Å². The number of nitrogens with zero attached hydrogens (tertiary/aromatic N) is 1. The van der Waals surface area contributed by atoms with E-state index in [9.17, 15) is 43.5 Å². The van der Waals surface area contributed by atoms with E-state index >= 15 is 0 Å². The van der Waals surface area contributed by atoms with Crippen molar-refractivity contribution < 1.29 is 43.5 Å². The first kappa shape index (κ1) is 45.8. The number of ketones is 2. The van der Waals surface area contributed by atoms with E-state index < -0.39 is 83.8 Å². The van der Waals surface area contributed by atoms with Crippen LogP contribution in [0.2, 0.25) is 0 Å². The van der Waals surface area contributed by atoms with Crippen LogP contribution in [0.25, 0.3) is 0 Å². The predicted molar refractivity (Wildman–Crippen MR) is 204 cm³/mol. The lowest BCUT2D eigenvalue weighted by Gasteiger charge is -2.30. The second-order valence-electron chi connectivity index (χ2n) is 14.5.